The number of sulfonamides is 1. The lowest BCUT2D eigenvalue weighted by Gasteiger charge is -2.10. The molecule has 3 N–H and O–H groups in total. The molecule has 0 radical (unpaired) electrons. The van der Waals surface area contributed by atoms with E-state index < -0.39 is 20.7 Å². The van der Waals surface area contributed by atoms with Gasteiger partial charge in [0.1, 0.15) is 10.7 Å². The topological polar surface area (TPSA) is 72.2 Å². The van der Waals surface area contributed by atoms with Gasteiger partial charge < -0.3 is 5.73 Å². The summed E-state index contributed by atoms with van der Waals surface area (Å²) in [5.74, 6) is -0.867. The molecule has 0 saturated heterocycles. The van der Waals surface area contributed by atoms with Crippen molar-refractivity contribution < 1.29 is 12.8 Å². The van der Waals surface area contributed by atoms with Gasteiger partial charge in [-0.1, -0.05) is 34.1 Å². The van der Waals surface area contributed by atoms with Crippen molar-refractivity contribution in [3.63, 3.8) is 0 Å². The zero-order valence-electron chi connectivity index (χ0n) is 10.3. The summed E-state index contributed by atoms with van der Waals surface area (Å²) in [7, 11) is -3.99. The second-order valence-electron chi connectivity index (χ2n) is 4.11. The van der Waals surface area contributed by atoms with Crippen molar-refractivity contribution in [2.75, 3.05) is 5.73 Å². The molecule has 0 aromatic heterocycles. The first-order valence-electron chi connectivity index (χ1n) is 5.68. The van der Waals surface area contributed by atoms with E-state index in [0.717, 1.165) is 16.1 Å². The van der Waals surface area contributed by atoms with Crippen molar-refractivity contribution in [3.05, 3.63) is 58.3 Å². The SMILES string of the molecule is Nc1cccc(F)c1S(=O)(=O)NCc1ccc(Br)cc1. The van der Waals surface area contributed by atoms with E-state index in [4.69, 9.17) is 5.73 Å². The summed E-state index contributed by atoms with van der Waals surface area (Å²) in [5, 5.41) is 0. The van der Waals surface area contributed by atoms with E-state index >= 15 is 0 Å². The molecule has 0 unspecified atom stereocenters. The highest BCUT2D eigenvalue weighted by Crippen LogP contribution is 2.21. The van der Waals surface area contributed by atoms with Crippen molar-refractivity contribution in [1.29, 1.82) is 0 Å². The van der Waals surface area contributed by atoms with Gasteiger partial charge >= 0.3 is 0 Å². The Morgan fingerprint density at radius 2 is 1.80 bits per heavy atom. The van der Waals surface area contributed by atoms with Crippen molar-refractivity contribution in [3.8, 4) is 0 Å². The highest BCUT2D eigenvalue weighted by molar-refractivity contribution is 9.10. The number of nitrogen functional groups attached to an aromatic ring is 1. The lowest BCUT2D eigenvalue weighted by molar-refractivity contribution is 0.558. The second kappa shape index (κ2) is 5.90. The maximum atomic E-state index is 13.6. The van der Waals surface area contributed by atoms with E-state index in [1.807, 2.05) is 0 Å². The van der Waals surface area contributed by atoms with Gasteiger partial charge in [-0.2, -0.15) is 0 Å². The minimum atomic E-state index is -3.99. The number of nitrogens with two attached hydrogens (primary N) is 1. The summed E-state index contributed by atoms with van der Waals surface area (Å²) in [6, 6.07) is 10.9. The Balaban J connectivity index is 2.22. The van der Waals surface area contributed by atoms with Crippen molar-refractivity contribution in [1.82, 2.24) is 4.72 Å². The van der Waals surface area contributed by atoms with E-state index in [2.05, 4.69) is 20.7 Å². The number of nitrogens with one attached hydrogen (secondary N) is 1. The fraction of sp³-hybridized carbons (Fsp3) is 0.0769. The zero-order valence-corrected chi connectivity index (χ0v) is 12.7. The molecule has 0 aliphatic rings. The molecule has 0 atom stereocenters. The van der Waals surface area contributed by atoms with E-state index in [1.165, 1.54) is 12.1 Å². The average Bonchev–Trinajstić information content (AvgIpc) is 2.37. The van der Waals surface area contributed by atoms with Crippen LogP contribution in [-0.2, 0) is 16.6 Å². The number of hydrogen-bond donors (Lipinski definition) is 2. The third-order valence-electron chi connectivity index (χ3n) is 2.65. The fourth-order valence-electron chi connectivity index (χ4n) is 1.66. The molecule has 4 nitrogen and oxygen atoms in total. The highest BCUT2D eigenvalue weighted by Gasteiger charge is 2.21. The van der Waals surface area contributed by atoms with E-state index in [1.54, 1.807) is 24.3 Å². The smallest absolute Gasteiger partial charge is 0.245 e. The number of benzene rings is 2. The maximum absolute atomic E-state index is 13.6. The monoisotopic (exact) mass is 358 g/mol. The van der Waals surface area contributed by atoms with Gasteiger partial charge in [-0.25, -0.2) is 17.5 Å². The van der Waals surface area contributed by atoms with Gasteiger partial charge in [-0.3, -0.25) is 0 Å². The lowest BCUT2D eigenvalue weighted by Crippen LogP contribution is -2.25. The van der Waals surface area contributed by atoms with E-state index in [9.17, 15) is 12.8 Å². The van der Waals surface area contributed by atoms with Crippen LogP contribution in [0.4, 0.5) is 10.1 Å². The third-order valence-corrected chi connectivity index (χ3v) is 4.67. The van der Waals surface area contributed by atoms with Crippen LogP contribution in [0.3, 0.4) is 0 Å². The first kappa shape index (κ1) is 15.0. The van der Waals surface area contributed by atoms with Crippen molar-refractivity contribution in [2.45, 2.75) is 11.4 Å². The molecule has 0 amide bonds. The summed E-state index contributed by atoms with van der Waals surface area (Å²) < 4.78 is 41.0. The van der Waals surface area contributed by atoms with Crippen LogP contribution < -0.4 is 10.5 Å². The van der Waals surface area contributed by atoms with Gasteiger partial charge in [-0.15, -0.1) is 0 Å². The van der Waals surface area contributed by atoms with Crippen LogP contribution in [0.2, 0.25) is 0 Å². The van der Waals surface area contributed by atoms with Crippen molar-refractivity contribution in [2.24, 2.45) is 0 Å². The van der Waals surface area contributed by atoms with Gasteiger partial charge in [0.25, 0.3) is 0 Å². The van der Waals surface area contributed by atoms with E-state index in [-0.39, 0.29) is 12.2 Å². The van der Waals surface area contributed by atoms with Crippen LogP contribution in [0.25, 0.3) is 0 Å². The van der Waals surface area contributed by atoms with Gasteiger partial charge in [0.2, 0.25) is 10.0 Å². The van der Waals surface area contributed by atoms with Crippen LogP contribution in [0.1, 0.15) is 5.56 Å². The molecule has 0 aliphatic carbocycles. The molecule has 0 spiro atoms. The minimum absolute atomic E-state index is 0.0589. The summed E-state index contributed by atoms with van der Waals surface area (Å²) in [4.78, 5) is -0.517. The normalized spacial score (nSPS) is 11.5. The molecule has 7 heteroatoms. The number of anilines is 1. The molecule has 0 saturated carbocycles. The summed E-state index contributed by atoms with van der Waals surface area (Å²) in [6.45, 7) is 0.0589. The maximum Gasteiger partial charge on any atom is 0.245 e. The van der Waals surface area contributed by atoms with Crippen LogP contribution in [-0.4, -0.2) is 8.42 Å². The Morgan fingerprint density at radius 3 is 2.40 bits per heavy atom. The predicted molar refractivity (Wildman–Crippen MR) is 79.0 cm³/mol. The third kappa shape index (κ3) is 3.36. The van der Waals surface area contributed by atoms with Gasteiger partial charge in [0.05, 0.1) is 5.69 Å². The minimum Gasteiger partial charge on any atom is -0.398 e. The van der Waals surface area contributed by atoms with Crippen LogP contribution in [0, 0.1) is 5.82 Å². The number of halogens is 2. The molecule has 0 bridgehead atoms. The Hall–Kier alpha value is -1.44. The summed E-state index contributed by atoms with van der Waals surface area (Å²) in [5.41, 5.74) is 6.17. The first-order valence-corrected chi connectivity index (χ1v) is 7.96. The predicted octanol–water partition coefficient (Wildman–Crippen LogP) is 2.65. The fourth-order valence-corrected chi connectivity index (χ4v) is 3.13. The lowest BCUT2D eigenvalue weighted by atomic mass is 10.2. The Morgan fingerprint density at radius 1 is 1.15 bits per heavy atom. The van der Waals surface area contributed by atoms with Gasteiger partial charge in [-0.05, 0) is 29.8 Å². The van der Waals surface area contributed by atoms with E-state index in [0.29, 0.717) is 0 Å². The molecule has 0 fully saturated rings. The summed E-state index contributed by atoms with van der Waals surface area (Å²) in [6.07, 6.45) is 0. The average molecular weight is 359 g/mol. The molecular weight excluding hydrogens is 347 g/mol. The largest absolute Gasteiger partial charge is 0.398 e. The van der Waals surface area contributed by atoms with Gasteiger partial charge in [0.15, 0.2) is 0 Å². The summed E-state index contributed by atoms with van der Waals surface area (Å²) >= 11 is 3.29. The van der Waals surface area contributed by atoms with Crippen LogP contribution in [0.15, 0.2) is 51.8 Å². The van der Waals surface area contributed by atoms with Crippen LogP contribution in [0.5, 0.6) is 0 Å². The zero-order chi connectivity index (χ0) is 14.8. The molecular formula is C13H12BrFN2O2S. The molecule has 0 aliphatic heterocycles. The molecule has 2 aromatic rings. The van der Waals surface area contributed by atoms with Crippen LogP contribution >= 0.6 is 15.9 Å². The highest BCUT2D eigenvalue weighted by atomic mass is 79.9. The molecule has 2 aromatic carbocycles. The second-order valence-corrected chi connectivity index (χ2v) is 6.73. The standard InChI is InChI=1S/C13H12BrFN2O2S/c14-10-6-4-9(5-7-10)8-17-20(18,19)13-11(15)2-1-3-12(13)16/h1-7,17H,8,16H2. The number of rotatable bonds is 4. The first-order chi connectivity index (χ1) is 9.40. The molecule has 2 rings (SSSR count). The Labute approximate surface area is 125 Å². The van der Waals surface area contributed by atoms with Crippen molar-refractivity contribution >= 4 is 31.6 Å². The number of hydrogen-bond acceptors (Lipinski definition) is 3. The molecule has 0 heterocycles. The van der Waals surface area contributed by atoms with Gasteiger partial charge in [0, 0.05) is 11.0 Å². The Kier molecular flexibility index (Phi) is 4.42. The molecule has 20 heavy (non-hydrogen) atoms. The quantitative estimate of drug-likeness (QED) is 0.825. The Bertz CT molecular complexity index is 697. The molecule has 106 valence electrons.